The molecule has 1 unspecified atom stereocenters. The maximum Gasteiger partial charge on any atom is 0.229 e. The van der Waals surface area contributed by atoms with Gasteiger partial charge >= 0.3 is 0 Å². The van der Waals surface area contributed by atoms with Gasteiger partial charge in [0, 0.05) is 12.7 Å². The van der Waals surface area contributed by atoms with Crippen LogP contribution in [-0.4, -0.2) is 17.9 Å². The quantitative estimate of drug-likeness (QED) is 0.858. The fraction of sp³-hybridized carbons (Fsp3) is 0.200. The van der Waals surface area contributed by atoms with E-state index >= 15 is 0 Å². The van der Waals surface area contributed by atoms with Gasteiger partial charge in [-0.1, -0.05) is 18.2 Å². The molecule has 0 bridgehead atoms. The average molecular weight is 332 g/mol. The second-order valence-corrected chi connectivity index (χ2v) is 5.59. The van der Waals surface area contributed by atoms with E-state index in [-0.39, 0.29) is 11.9 Å². The van der Waals surface area contributed by atoms with Gasteiger partial charge in [0.2, 0.25) is 5.91 Å². The molecule has 0 spiro atoms. The smallest absolute Gasteiger partial charge is 0.229 e. The first-order valence-electron chi connectivity index (χ1n) is 6.39. The Kier molecular flexibility index (Phi) is 3.44. The van der Waals surface area contributed by atoms with E-state index in [1.54, 1.807) is 11.1 Å². The minimum absolute atomic E-state index is 0.0159. The number of amides is 1. The van der Waals surface area contributed by atoms with E-state index in [1.807, 2.05) is 37.4 Å². The summed E-state index contributed by atoms with van der Waals surface area (Å²) in [6.45, 7) is 0. The van der Waals surface area contributed by atoms with E-state index in [1.165, 1.54) is 0 Å². The Morgan fingerprint density at radius 1 is 1.30 bits per heavy atom. The molecule has 102 valence electrons. The monoisotopic (exact) mass is 331 g/mol. The number of hydrogen-bond donors (Lipinski definition) is 1. The Morgan fingerprint density at radius 2 is 2.10 bits per heavy atom. The van der Waals surface area contributed by atoms with Gasteiger partial charge in [-0.25, -0.2) is 4.98 Å². The van der Waals surface area contributed by atoms with Gasteiger partial charge in [-0.15, -0.1) is 0 Å². The van der Waals surface area contributed by atoms with Crippen LogP contribution in [0.1, 0.15) is 18.0 Å². The molecular weight excluding hydrogens is 318 g/mol. The van der Waals surface area contributed by atoms with Crippen LogP contribution in [0, 0.1) is 0 Å². The molecule has 1 aromatic heterocycles. The molecule has 0 saturated heterocycles. The number of hydrogen-bond acceptors (Lipinski definition) is 3. The van der Waals surface area contributed by atoms with E-state index in [0.29, 0.717) is 6.42 Å². The fourth-order valence-electron chi connectivity index (χ4n) is 2.43. The maximum atomic E-state index is 12.1. The van der Waals surface area contributed by atoms with Crippen LogP contribution < -0.4 is 10.2 Å². The summed E-state index contributed by atoms with van der Waals surface area (Å²) >= 11 is 3.31. The predicted molar refractivity (Wildman–Crippen MR) is 82.8 cm³/mol. The normalized spacial score (nSPS) is 17.8. The topological polar surface area (TPSA) is 45.2 Å². The third-order valence-electron chi connectivity index (χ3n) is 3.49. The van der Waals surface area contributed by atoms with Gasteiger partial charge in [-0.2, -0.15) is 0 Å². The van der Waals surface area contributed by atoms with Crippen LogP contribution in [0.15, 0.2) is 47.2 Å². The van der Waals surface area contributed by atoms with Crippen molar-refractivity contribution in [3.63, 3.8) is 0 Å². The molecule has 4 nitrogen and oxygen atoms in total. The van der Waals surface area contributed by atoms with Crippen molar-refractivity contribution in [3.05, 3.63) is 52.8 Å². The minimum atomic E-state index is -0.0159. The SMILES string of the molecule is CN1C(=O)CC(Nc2ccc(Br)nc2)c2ccccc21. The molecule has 2 heterocycles. The van der Waals surface area contributed by atoms with Crippen LogP contribution in [0.3, 0.4) is 0 Å². The molecular formula is C15H14BrN3O. The van der Waals surface area contributed by atoms with Crippen molar-refractivity contribution in [3.8, 4) is 0 Å². The summed E-state index contributed by atoms with van der Waals surface area (Å²) in [5.74, 6) is 0.117. The number of anilines is 2. The van der Waals surface area contributed by atoms with Crippen LogP contribution in [0.4, 0.5) is 11.4 Å². The van der Waals surface area contributed by atoms with E-state index in [4.69, 9.17) is 0 Å². The molecule has 1 amide bonds. The number of benzene rings is 1. The van der Waals surface area contributed by atoms with Crippen LogP contribution in [0.25, 0.3) is 0 Å². The highest BCUT2D eigenvalue weighted by atomic mass is 79.9. The zero-order valence-corrected chi connectivity index (χ0v) is 12.6. The van der Waals surface area contributed by atoms with Gasteiger partial charge in [0.05, 0.1) is 24.3 Å². The van der Waals surface area contributed by atoms with Gasteiger partial charge in [-0.3, -0.25) is 4.79 Å². The number of nitrogens with zero attached hydrogens (tertiary/aromatic N) is 2. The van der Waals surface area contributed by atoms with Gasteiger partial charge in [-0.05, 0) is 39.7 Å². The van der Waals surface area contributed by atoms with Crippen molar-refractivity contribution in [1.29, 1.82) is 0 Å². The summed E-state index contributed by atoms with van der Waals surface area (Å²) in [7, 11) is 1.82. The number of para-hydroxylation sites is 1. The molecule has 20 heavy (non-hydrogen) atoms. The maximum absolute atomic E-state index is 12.1. The summed E-state index contributed by atoms with van der Waals surface area (Å²) in [5, 5.41) is 3.38. The number of halogens is 1. The van der Waals surface area contributed by atoms with Crippen molar-refractivity contribution in [2.24, 2.45) is 0 Å². The van der Waals surface area contributed by atoms with Crippen molar-refractivity contribution in [2.75, 3.05) is 17.3 Å². The van der Waals surface area contributed by atoms with Crippen LogP contribution in [0.2, 0.25) is 0 Å². The lowest BCUT2D eigenvalue weighted by Gasteiger charge is -2.32. The molecule has 3 rings (SSSR count). The molecule has 1 aliphatic rings. The summed E-state index contributed by atoms with van der Waals surface area (Å²) in [6, 6.07) is 11.8. The third kappa shape index (κ3) is 2.41. The summed E-state index contributed by atoms with van der Waals surface area (Å²) in [5.41, 5.74) is 3.01. The molecule has 1 aliphatic heterocycles. The Hall–Kier alpha value is -1.88. The Labute approximate surface area is 126 Å². The lowest BCUT2D eigenvalue weighted by Crippen LogP contribution is -2.35. The highest BCUT2D eigenvalue weighted by Crippen LogP contribution is 2.35. The second-order valence-electron chi connectivity index (χ2n) is 4.78. The van der Waals surface area contributed by atoms with Crippen molar-refractivity contribution in [2.45, 2.75) is 12.5 Å². The summed E-state index contributed by atoms with van der Waals surface area (Å²) < 4.78 is 0.794. The molecule has 1 atom stereocenters. The van der Waals surface area contributed by atoms with E-state index in [9.17, 15) is 4.79 Å². The highest BCUT2D eigenvalue weighted by Gasteiger charge is 2.28. The summed E-state index contributed by atoms with van der Waals surface area (Å²) in [4.78, 5) is 18.0. The lowest BCUT2D eigenvalue weighted by molar-refractivity contribution is -0.118. The van der Waals surface area contributed by atoms with Crippen molar-refractivity contribution in [1.82, 2.24) is 4.98 Å². The summed E-state index contributed by atoms with van der Waals surface area (Å²) in [6.07, 6.45) is 2.21. The number of pyridine rings is 1. The molecule has 0 aliphatic carbocycles. The van der Waals surface area contributed by atoms with Crippen LogP contribution >= 0.6 is 15.9 Å². The molecule has 1 aromatic carbocycles. The number of fused-ring (bicyclic) bond motifs is 1. The lowest BCUT2D eigenvalue weighted by atomic mass is 9.96. The Morgan fingerprint density at radius 3 is 2.85 bits per heavy atom. The average Bonchev–Trinajstić information content (AvgIpc) is 2.47. The first-order valence-corrected chi connectivity index (χ1v) is 7.18. The first-order chi connectivity index (χ1) is 9.65. The molecule has 0 saturated carbocycles. The van der Waals surface area contributed by atoms with Gasteiger partial charge in [0.15, 0.2) is 0 Å². The molecule has 0 fully saturated rings. The van der Waals surface area contributed by atoms with Gasteiger partial charge in [0.1, 0.15) is 4.60 Å². The molecule has 2 aromatic rings. The second kappa shape index (κ2) is 5.25. The molecule has 0 radical (unpaired) electrons. The fourth-order valence-corrected chi connectivity index (χ4v) is 2.67. The number of rotatable bonds is 2. The van der Waals surface area contributed by atoms with E-state index in [0.717, 1.165) is 21.5 Å². The first kappa shape index (κ1) is 13.1. The minimum Gasteiger partial charge on any atom is -0.376 e. The van der Waals surface area contributed by atoms with Crippen molar-refractivity contribution >= 4 is 33.2 Å². The zero-order valence-electron chi connectivity index (χ0n) is 11.0. The van der Waals surface area contributed by atoms with Gasteiger partial charge in [0.25, 0.3) is 0 Å². The molecule has 5 heteroatoms. The Balaban J connectivity index is 1.92. The number of carbonyl (C=O) groups excluding carboxylic acids is 1. The zero-order chi connectivity index (χ0) is 14.1. The van der Waals surface area contributed by atoms with E-state index < -0.39 is 0 Å². The van der Waals surface area contributed by atoms with Crippen LogP contribution in [-0.2, 0) is 4.79 Å². The van der Waals surface area contributed by atoms with Crippen molar-refractivity contribution < 1.29 is 4.79 Å². The standard InChI is InChI=1S/C15H14BrN3O/c1-19-13-5-3-2-4-11(13)12(8-15(19)20)18-10-6-7-14(16)17-9-10/h2-7,9,12,18H,8H2,1H3. The molecule has 1 N–H and O–H groups in total. The predicted octanol–water partition coefficient (Wildman–Crippen LogP) is 3.36. The van der Waals surface area contributed by atoms with Gasteiger partial charge < -0.3 is 10.2 Å². The van der Waals surface area contributed by atoms with E-state index in [2.05, 4.69) is 32.3 Å². The largest absolute Gasteiger partial charge is 0.376 e. The third-order valence-corrected chi connectivity index (χ3v) is 3.96. The van der Waals surface area contributed by atoms with Crippen LogP contribution in [0.5, 0.6) is 0 Å². The Bertz CT molecular complexity index is 642. The number of aromatic nitrogens is 1. The highest BCUT2D eigenvalue weighted by molar-refractivity contribution is 9.10. The number of nitrogens with one attached hydrogen (secondary N) is 1. The number of carbonyl (C=O) groups is 1.